The fourth-order valence-corrected chi connectivity index (χ4v) is 2.36. The number of rotatable bonds is 4. The number of pyridine rings is 1. The Labute approximate surface area is 109 Å². The first kappa shape index (κ1) is 13.3. The molecule has 0 amide bonds. The molecule has 1 aliphatic rings. The van der Waals surface area contributed by atoms with E-state index in [4.69, 9.17) is 4.74 Å². The maximum Gasteiger partial charge on any atom is 0.130 e. The molecule has 0 bridgehead atoms. The van der Waals surface area contributed by atoms with Gasteiger partial charge in [-0.15, -0.1) is 0 Å². The van der Waals surface area contributed by atoms with Crippen molar-refractivity contribution in [1.82, 2.24) is 9.88 Å². The SMILES string of the molecule is CCNc1ncccc1CN1CCCOC(C)C1. The molecule has 2 rings (SSSR count). The van der Waals surface area contributed by atoms with Crippen molar-refractivity contribution in [3.63, 3.8) is 0 Å². The van der Waals surface area contributed by atoms with Crippen molar-refractivity contribution in [3.8, 4) is 0 Å². The first-order valence-electron chi connectivity index (χ1n) is 6.81. The molecule has 2 heterocycles. The van der Waals surface area contributed by atoms with E-state index in [2.05, 4.69) is 35.1 Å². The third-order valence-electron chi connectivity index (χ3n) is 3.17. The summed E-state index contributed by atoms with van der Waals surface area (Å²) in [5, 5.41) is 3.32. The summed E-state index contributed by atoms with van der Waals surface area (Å²) in [6.07, 6.45) is 3.28. The van der Waals surface area contributed by atoms with Crippen LogP contribution in [0.1, 0.15) is 25.8 Å². The van der Waals surface area contributed by atoms with Crippen molar-refractivity contribution in [2.75, 3.05) is 31.6 Å². The standard InChI is InChI=1S/C14H23N3O/c1-3-15-14-13(6-4-7-16-14)11-17-8-5-9-18-12(2)10-17/h4,6-7,12H,3,5,8-11H2,1-2H3,(H,15,16). The lowest BCUT2D eigenvalue weighted by molar-refractivity contribution is 0.0668. The van der Waals surface area contributed by atoms with Gasteiger partial charge in [0.05, 0.1) is 6.10 Å². The maximum absolute atomic E-state index is 5.68. The van der Waals surface area contributed by atoms with Crippen LogP contribution in [0.25, 0.3) is 0 Å². The average molecular weight is 249 g/mol. The molecule has 4 heteroatoms. The van der Waals surface area contributed by atoms with E-state index in [0.29, 0.717) is 6.10 Å². The average Bonchev–Trinajstić information content (AvgIpc) is 2.56. The topological polar surface area (TPSA) is 37.4 Å². The summed E-state index contributed by atoms with van der Waals surface area (Å²) in [6, 6.07) is 4.16. The van der Waals surface area contributed by atoms with Gasteiger partial charge in [0.25, 0.3) is 0 Å². The Hall–Kier alpha value is -1.13. The van der Waals surface area contributed by atoms with E-state index in [1.807, 2.05) is 12.3 Å². The zero-order valence-corrected chi connectivity index (χ0v) is 11.4. The summed E-state index contributed by atoms with van der Waals surface area (Å²) in [5.41, 5.74) is 1.27. The summed E-state index contributed by atoms with van der Waals surface area (Å²) in [5.74, 6) is 1.01. The van der Waals surface area contributed by atoms with Gasteiger partial charge in [-0.05, 0) is 26.3 Å². The first-order chi connectivity index (χ1) is 8.79. The van der Waals surface area contributed by atoms with Gasteiger partial charge < -0.3 is 10.1 Å². The summed E-state index contributed by atoms with van der Waals surface area (Å²) in [7, 11) is 0. The van der Waals surface area contributed by atoms with Crippen LogP contribution in [-0.2, 0) is 11.3 Å². The van der Waals surface area contributed by atoms with Gasteiger partial charge >= 0.3 is 0 Å². The molecular weight excluding hydrogens is 226 g/mol. The second-order valence-electron chi connectivity index (χ2n) is 4.81. The van der Waals surface area contributed by atoms with E-state index >= 15 is 0 Å². The smallest absolute Gasteiger partial charge is 0.130 e. The summed E-state index contributed by atoms with van der Waals surface area (Å²) >= 11 is 0. The molecule has 1 fully saturated rings. The molecule has 0 radical (unpaired) electrons. The van der Waals surface area contributed by atoms with Gasteiger partial charge in [0.15, 0.2) is 0 Å². The van der Waals surface area contributed by atoms with Crippen LogP contribution in [0.3, 0.4) is 0 Å². The van der Waals surface area contributed by atoms with E-state index in [9.17, 15) is 0 Å². The van der Waals surface area contributed by atoms with Crippen LogP contribution in [0.5, 0.6) is 0 Å². The highest BCUT2D eigenvalue weighted by Crippen LogP contribution is 2.16. The molecule has 0 aliphatic carbocycles. The van der Waals surface area contributed by atoms with E-state index < -0.39 is 0 Å². The summed E-state index contributed by atoms with van der Waals surface area (Å²) in [6.45, 7) is 9.08. The largest absolute Gasteiger partial charge is 0.377 e. The van der Waals surface area contributed by atoms with Crippen molar-refractivity contribution >= 4 is 5.82 Å². The summed E-state index contributed by atoms with van der Waals surface area (Å²) in [4.78, 5) is 6.86. The second-order valence-corrected chi connectivity index (χ2v) is 4.81. The molecular formula is C14H23N3O. The Morgan fingerprint density at radius 2 is 2.44 bits per heavy atom. The van der Waals surface area contributed by atoms with Crippen LogP contribution < -0.4 is 5.32 Å². The summed E-state index contributed by atoms with van der Waals surface area (Å²) < 4.78 is 5.68. The molecule has 1 N–H and O–H groups in total. The fourth-order valence-electron chi connectivity index (χ4n) is 2.36. The molecule has 4 nitrogen and oxygen atoms in total. The van der Waals surface area contributed by atoms with Crippen molar-refractivity contribution in [3.05, 3.63) is 23.9 Å². The van der Waals surface area contributed by atoms with Gasteiger partial charge in [-0.1, -0.05) is 6.07 Å². The highest BCUT2D eigenvalue weighted by Gasteiger charge is 2.16. The molecule has 1 aromatic rings. The van der Waals surface area contributed by atoms with Crippen LogP contribution in [0.4, 0.5) is 5.82 Å². The van der Waals surface area contributed by atoms with Gasteiger partial charge in [-0.25, -0.2) is 4.98 Å². The van der Waals surface area contributed by atoms with E-state index in [1.54, 1.807) is 0 Å². The normalized spacial score (nSPS) is 21.6. The van der Waals surface area contributed by atoms with Gasteiger partial charge in [0.2, 0.25) is 0 Å². The predicted octanol–water partition coefficient (Wildman–Crippen LogP) is 2.12. The van der Waals surface area contributed by atoms with Crippen LogP contribution in [0, 0.1) is 0 Å². The predicted molar refractivity (Wildman–Crippen MR) is 73.7 cm³/mol. The van der Waals surface area contributed by atoms with Crippen molar-refractivity contribution < 1.29 is 4.74 Å². The number of anilines is 1. The van der Waals surface area contributed by atoms with Crippen molar-refractivity contribution in [2.45, 2.75) is 32.9 Å². The van der Waals surface area contributed by atoms with Gasteiger partial charge in [0.1, 0.15) is 5.82 Å². The number of ether oxygens (including phenoxy) is 1. The Balaban J connectivity index is 2.03. The molecule has 0 saturated carbocycles. The lowest BCUT2D eigenvalue weighted by atomic mass is 10.2. The van der Waals surface area contributed by atoms with Crippen LogP contribution in [0.2, 0.25) is 0 Å². The van der Waals surface area contributed by atoms with Crippen molar-refractivity contribution in [1.29, 1.82) is 0 Å². The van der Waals surface area contributed by atoms with E-state index in [0.717, 1.165) is 45.0 Å². The Morgan fingerprint density at radius 3 is 3.28 bits per heavy atom. The Morgan fingerprint density at radius 1 is 1.56 bits per heavy atom. The third-order valence-corrected chi connectivity index (χ3v) is 3.17. The third kappa shape index (κ3) is 3.68. The van der Waals surface area contributed by atoms with Crippen molar-refractivity contribution in [2.24, 2.45) is 0 Å². The minimum Gasteiger partial charge on any atom is -0.377 e. The van der Waals surface area contributed by atoms with Gasteiger partial charge in [-0.3, -0.25) is 4.90 Å². The number of hydrogen-bond donors (Lipinski definition) is 1. The highest BCUT2D eigenvalue weighted by molar-refractivity contribution is 5.43. The van der Waals surface area contributed by atoms with Gasteiger partial charge in [0, 0.05) is 44.5 Å². The lowest BCUT2D eigenvalue weighted by Gasteiger charge is -2.22. The minimum absolute atomic E-state index is 0.326. The molecule has 1 aliphatic heterocycles. The first-order valence-corrected chi connectivity index (χ1v) is 6.81. The Kier molecular flexibility index (Phi) is 4.96. The number of aromatic nitrogens is 1. The van der Waals surface area contributed by atoms with E-state index in [1.165, 1.54) is 5.56 Å². The molecule has 100 valence electrons. The molecule has 1 saturated heterocycles. The minimum atomic E-state index is 0.326. The zero-order chi connectivity index (χ0) is 12.8. The second kappa shape index (κ2) is 6.71. The fraction of sp³-hybridized carbons (Fsp3) is 0.643. The van der Waals surface area contributed by atoms with Crippen LogP contribution in [-0.4, -0.2) is 42.2 Å². The molecule has 18 heavy (non-hydrogen) atoms. The number of nitrogens with one attached hydrogen (secondary N) is 1. The van der Waals surface area contributed by atoms with Crippen LogP contribution >= 0.6 is 0 Å². The van der Waals surface area contributed by atoms with E-state index in [-0.39, 0.29) is 0 Å². The molecule has 1 unspecified atom stereocenters. The number of hydrogen-bond acceptors (Lipinski definition) is 4. The highest BCUT2D eigenvalue weighted by atomic mass is 16.5. The number of nitrogens with zero attached hydrogens (tertiary/aromatic N) is 2. The lowest BCUT2D eigenvalue weighted by Crippen LogP contribution is -2.30. The molecule has 0 spiro atoms. The van der Waals surface area contributed by atoms with Crippen LogP contribution in [0.15, 0.2) is 18.3 Å². The Bertz CT molecular complexity index is 370. The monoisotopic (exact) mass is 249 g/mol. The molecule has 1 aromatic heterocycles. The molecule has 1 atom stereocenters. The van der Waals surface area contributed by atoms with Gasteiger partial charge in [-0.2, -0.15) is 0 Å². The zero-order valence-electron chi connectivity index (χ0n) is 11.4. The molecule has 0 aromatic carbocycles. The quantitative estimate of drug-likeness (QED) is 0.887. The maximum atomic E-state index is 5.68.